The molecule has 1 aromatic rings. The van der Waals surface area contributed by atoms with Crippen molar-refractivity contribution in [2.24, 2.45) is 0 Å². The van der Waals surface area contributed by atoms with E-state index in [9.17, 15) is 4.79 Å². The fourth-order valence-corrected chi connectivity index (χ4v) is 2.06. The van der Waals surface area contributed by atoms with E-state index >= 15 is 0 Å². The van der Waals surface area contributed by atoms with Crippen LogP contribution in [0.5, 0.6) is 5.75 Å². The molecule has 4 heteroatoms. The molecule has 0 spiro atoms. The molecule has 2 rings (SSSR count). The van der Waals surface area contributed by atoms with Crippen LogP contribution in [-0.4, -0.2) is 17.7 Å². The van der Waals surface area contributed by atoms with E-state index in [4.69, 9.17) is 9.84 Å². The molecule has 1 aliphatic rings. The zero-order valence-corrected chi connectivity index (χ0v) is 9.00. The highest BCUT2D eigenvalue weighted by atomic mass is 79.9. The van der Waals surface area contributed by atoms with Gasteiger partial charge in [0.25, 0.3) is 0 Å². The zero-order valence-electron chi connectivity index (χ0n) is 7.42. The molecule has 0 aromatic heterocycles. The Hall–Kier alpha value is -1.03. The SMILES string of the molecule is O=C(O)c1cc(Br)cc2c1CCCO2. The van der Waals surface area contributed by atoms with Gasteiger partial charge < -0.3 is 9.84 Å². The first-order valence-electron chi connectivity index (χ1n) is 4.37. The zero-order chi connectivity index (χ0) is 10.1. The Labute approximate surface area is 89.8 Å². The molecule has 0 radical (unpaired) electrons. The summed E-state index contributed by atoms with van der Waals surface area (Å²) in [4.78, 5) is 10.9. The van der Waals surface area contributed by atoms with E-state index in [1.807, 2.05) is 6.07 Å². The third kappa shape index (κ3) is 1.62. The maximum Gasteiger partial charge on any atom is 0.336 e. The Morgan fingerprint density at radius 2 is 2.29 bits per heavy atom. The first kappa shape index (κ1) is 9.52. The number of benzene rings is 1. The number of hydrogen-bond acceptors (Lipinski definition) is 2. The smallest absolute Gasteiger partial charge is 0.336 e. The summed E-state index contributed by atoms with van der Waals surface area (Å²) >= 11 is 3.27. The van der Waals surface area contributed by atoms with Crippen molar-refractivity contribution in [3.05, 3.63) is 27.7 Å². The average molecular weight is 257 g/mol. The summed E-state index contributed by atoms with van der Waals surface area (Å²) in [6, 6.07) is 3.44. The molecule has 0 saturated heterocycles. The number of halogens is 1. The number of ether oxygens (including phenoxy) is 1. The van der Waals surface area contributed by atoms with E-state index in [0.717, 1.165) is 22.9 Å². The third-order valence-corrected chi connectivity index (χ3v) is 2.69. The second-order valence-corrected chi connectivity index (χ2v) is 4.10. The summed E-state index contributed by atoms with van der Waals surface area (Å²) in [6.07, 6.45) is 1.67. The van der Waals surface area contributed by atoms with Crippen LogP contribution in [0, 0.1) is 0 Å². The van der Waals surface area contributed by atoms with Gasteiger partial charge in [0.05, 0.1) is 12.2 Å². The summed E-state index contributed by atoms with van der Waals surface area (Å²) in [6.45, 7) is 0.669. The molecule has 3 nitrogen and oxygen atoms in total. The molecule has 0 atom stereocenters. The topological polar surface area (TPSA) is 46.5 Å². The first-order chi connectivity index (χ1) is 6.68. The van der Waals surface area contributed by atoms with E-state index in [-0.39, 0.29) is 0 Å². The fourth-order valence-electron chi connectivity index (χ4n) is 1.62. The first-order valence-corrected chi connectivity index (χ1v) is 5.16. The molecule has 0 amide bonds. The van der Waals surface area contributed by atoms with Crippen LogP contribution in [0.1, 0.15) is 22.3 Å². The normalized spacial score (nSPS) is 14.4. The van der Waals surface area contributed by atoms with Gasteiger partial charge in [-0.3, -0.25) is 0 Å². The maximum atomic E-state index is 10.9. The largest absolute Gasteiger partial charge is 0.493 e. The molecule has 1 aromatic carbocycles. The number of carboxylic acids is 1. The monoisotopic (exact) mass is 256 g/mol. The standard InChI is InChI=1S/C10H9BrO3/c11-6-4-8(10(12)13)7-2-1-3-14-9(7)5-6/h4-5H,1-3H2,(H,12,13). The molecule has 0 fully saturated rings. The van der Waals surface area contributed by atoms with Crippen LogP contribution in [0.4, 0.5) is 0 Å². The van der Waals surface area contributed by atoms with Crippen molar-refractivity contribution in [3.8, 4) is 5.75 Å². The minimum Gasteiger partial charge on any atom is -0.493 e. The molecule has 0 aliphatic carbocycles. The lowest BCUT2D eigenvalue weighted by molar-refractivity contribution is 0.0694. The van der Waals surface area contributed by atoms with Gasteiger partial charge in [0.15, 0.2) is 0 Å². The minimum atomic E-state index is -0.895. The third-order valence-electron chi connectivity index (χ3n) is 2.23. The van der Waals surface area contributed by atoms with Crippen molar-refractivity contribution < 1.29 is 14.6 Å². The lowest BCUT2D eigenvalue weighted by atomic mass is 10.0. The number of carboxylic acid groups (broad SMARTS) is 1. The molecule has 1 heterocycles. The Bertz CT molecular complexity index is 387. The van der Waals surface area contributed by atoms with Gasteiger partial charge >= 0.3 is 5.97 Å². The van der Waals surface area contributed by atoms with Crippen LogP contribution in [0.2, 0.25) is 0 Å². The van der Waals surface area contributed by atoms with Crippen molar-refractivity contribution >= 4 is 21.9 Å². The van der Waals surface area contributed by atoms with Gasteiger partial charge in [0, 0.05) is 10.0 Å². The highest BCUT2D eigenvalue weighted by molar-refractivity contribution is 9.10. The number of fused-ring (bicyclic) bond motifs is 1. The molecule has 0 saturated carbocycles. The van der Waals surface area contributed by atoms with Gasteiger partial charge in [0.1, 0.15) is 5.75 Å². The van der Waals surface area contributed by atoms with E-state index in [0.29, 0.717) is 17.9 Å². The lowest BCUT2D eigenvalue weighted by Gasteiger charge is -2.19. The van der Waals surface area contributed by atoms with Crippen molar-refractivity contribution in [1.82, 2.24) is 0 Å². The minimum absolute atomic E-state index is 0.342. The van der Waals surface area contributed by atoms with Crippen molar-refractivity contribution in [3.63, 3.8) is 0 Å². The number of aromatic carboxylic acids is 1. The fraction of sp³-hybridized carbons (Fsp3) is 0.300. The number of rotatable bonds is 1. The van der Waals surface area contributed by atoms with Crippen LogP contribution in [-0.2, 0) is 6.42 Å². The van der Waals surface area contributed by atoms with Crippen molar-refractivity contribution in [1.29, 1.82) is 0 Å². The molecular weight excluding hydrogens is 248 g/mol. The summed E-state index contributed by atoms with van der Waals surface area (Å²) in [5.74, 6) is -0.198. The predicted octanol–water partition coefficient (Wildman–Crippen LogP) is 2.47. The van der Waals surface area contributed by atoms with E-state index in [1.54, 1.807) is 6.07 Å². The summed E-state index contributed by atoms with van der Waals surface area (Å²) in [5.41, 5.74) is 1.15. The van der Waals surface area contributed by atoms with Gasteiger partial charge in [-0.05, 0) is 25.0 Å². The van der Waals surface area contributed by atoms with Crippen LogP contribution < -0.4 is 4.74 Å². The number of carbonyl (C=O) groups is 1. The Kier molecular flexibility index (Phi) is 2.46. The molecule has 0 unspecified atom stereocenters. The Balaban J connectivity index is 2.58. The van der Waals surface area contributed by atoms with E-state index < -0.39 is 5.97 Å². The maximum absolute atomic E-state index is 10.9. The molecule has 74 valence electrons. The quantitative estimate of drug-likeness (QED) is 0.840. The molecular formula is C10H9BrO3. The predicted molar refractivity (Wildman–Crippen MR) is 54.9 cm³/mol. The molecule has 14 heavy (non-hydrogen) atoms. The van der Waals surface area contributed by atoms with Gasteiger partial charge in [-0.15, -0.1) is 0 Å². The molecule has 0 bridgehead atoms. The van der Waals surface area contributed by atoms with Gasteiger partial charge in [-0.25, -0.2) is 4.79 Å². The Morgan fingerprint density at radius 3 is 3.00 bits per heavy atom. The van der Waals surface area contributed by atoms with E-state index in [1.165, 1.54) is 0 Å². The van der Waals surface area contributed by atoms with Crippen molar-refractivity contribution in [2.75, 3.05) is 6.61 Å². The number of hydrogen-bond donors (Lipinski definition) is 1. The average Bonchev–Trinajstić information content (AvgIpc) is 2.16. The lowest BCUT2D eigenvalue weighted by Crippen LogP contribution is -2.13. The van der Waals surface area contributed by atoms with Crippen LogP contribution >= 0.6 is 15.9 Å². The van der Waals surface area contributed by atoms with Crippen molar-refractivity contribution in [2.45, 2.75) is 12.8 Å². The highest BCUT2D eigenvalue weighted by Gasteiger charge is 2.19. The summed E-state index contributed by atoms with van der Waals surface area (Å²) in [7, 11) is 0. The van der Waals surface area contributed by atoms with Gasteiger partial charge in [0.2, 0.25) is 0 Å². The second kappa shape index (κ2) is 3.61. The van der Waals surface area contributed by atoms with Crippen LogP contribution in [0.15, 0.2) is 16.6 Å². The highest BCUT2D eigenvalue weighted by Crippen LogP contribution is 2.31. The van der Waals surface area contributed by atoms with Crippen LogP contribution in [0.3, 0.4) is 0 Å². The van der Waals surface area contributed by atoms with E-state index in [2.05, 4.69) is 15.9 Å². The molecule has 1 N–H and O–H groups in total. The van der Waals surface area contributed by atoms with Gasteiger partial charge in [-0.2, -0.15) is 0 Å². The molecule has 1 aliphatic heterocycles. The van der Waals surface area contributed by atoms with Crippen LogP contribution in [0.25, 0.3) is 0 Å². The summed E-state index contributed by atoms with van der Waals surface area (Å²) < 4.78 is 6.15. The van der Waals surface area contributed by atoms with Gasteiger partial charge in [-0.1, -0.05) is 15.9 Å². The summed E-state index contributed by atoms with van der Waals surface area (Å²) in [5, 5.41) is 8.99. The second-order valence-electron chi connectivity index (χ2n) is 3.19. The Morgan fingerprint density at radius 1 is 1.50 bits per heavy atom.